The van der Waals surface area contributed by atoms with E-state index in [0.717, 1.165) is 22.9 Å². The first-order valence-electron chi connectivity index (χ1n) is 6.92. The Kier molecular flexibility index (Phi) is 5.07. The molecule has 130 valence electrons. The molecule has 1 amide bonds. The van der Waals surface area contributed by atoms with Gasteiger partial charge in [-0.3, -0.25) is 4.79 Å². The topological polar surface area (TPSA) is 85.8 Å². The number of rotatable bonds is 4. The number of aryl methyl sites for hydroxylation is 2. The minimum Gasteiger partial charge on any atom is -0.335 e. The number of amides is 1. The summed E-state index contributed by atoms with van der Waals surface area (Å²) >= 11 is 0.799. The fourth-order valence-electron chi connectivity index (χ4n) is 2.00. The number of halogens is 3. The van der Waals surface area contributed by atoms with Gasteiger partial charge in [-0.25, -0.2) is 4.68 Å². The molecule has 1 aromatic heterocycles. The van der Waals surface area contributed by atoms with Crippen molar-refractivity contribution in [2.24, 2.45) is 0 Å². The van der Waals surface area contributed by atoms with E-state index in [-0.39, 0.29) is 11.1 Å². The SMILES string of the molecule is Cc1cccc(C)c1NC(=O)C(C)Sc1nnc(C(F)(F)F)n1N. The molecule has 2 aromatic rings. The van der Waals surface area contributed by atoms with E-state index >= 15 is 0 Å². The maximum atomic E-state index is 12.6. The lowest BCUT2D eigenvalue weighted by Crippen LogP contribution is -2.25. The Morgan fingerprint density at radius 3 is 2.38 bits per heavy atom. The van der Waals surface area contributed by atoms with Crippen molar-refractivity contribution in [1.29, 1.82) is 0 Å². The molecule has 3 N–H and O–H groups in total. The normalized spacial score (nSPS) is 12.9. The average molecular weight is 359 g/mol. The van der Waals surface area contributed by atoms with Crippen LogP contribution in [0, 0.1) is 13.8 Å². The molecule has 0 bridgehead atoms. The van der Waals surface area contributed by atoms with Gasteiger partial charge in [-0.2, -0.15) is 13.2 Å². The fraction of sp³-hybridized carbons (Fsp3) is 0.357. The molecule has 0 spiro atoms. The Balaban J connectivity index is 2.11. The standard InChI is InChI=1S/C14H16F3N5OS/c1-7-5-4-6-8(2)10(7)19-11(23)9(3)24-13-21-20-12(22(13)18)14(15,16)17/h4-6,9H,18H2,1-3H3,(H,19,23). The van der Waals surface area contributed by atoms with Crippen molar-refractivity contribution < 1.29 is 18.0 Å². The molecule has 10 heteroatoms. The first-order valence-corrected chi connectivity index (χ1v) is 7.80. The van der Waals surface area contributed by atoms with Crippen molar-refractivity contribution in [3.63, 3.8) is 0 Å². The van der Waals surface area contributed by atoms with Crippen LogP contribution in [-0.4, -0.2) is 26.0 Å². The molecule has 0 radical (unpaired) electrons. The molecule has 1 heterocycles. The molecule has 1 aromatic carbocycles. The van der Waals surface area contributed by atoms with Gasteiger partial charge in [-0.05, 0) is 31.9 Å². The molecule has 2 rings (SSSR count). The molecule has 6 nitrogen and oxygen atoms in total. The van der Waals surface area contributed by atoms with Crippen LogP contribution < -0.4 is 11.2 Å². The lowest BCUT2D eigenvalue weighted by Gasteiger charge is -2.15. The van der Waals surface area contributed by atoms with E-state index in [2.05, 4.69) is 15.5 Å². The van der Waals surface area contributed by atoms with E-state index in [4.69, 9.17) is 5.84 Å². The van der Waals surface area contributed by atoms with Crippen LogP contribution >= 0.6 is 11.8 Å². The van der Waals surface area contributed by atoms with E-state index in [1.54, 1.807) is 6.92 Å². The molecular formula is C14H16F3N5OS. The molecule has 1 unspecified atom stereocenters. The van der Waals surface area contributed by atoms with Crippen molar-refractivity contribution in [3.8, 4) is 0 Å². The summed E-state index contributed by atoms with van der Waals surface area (Å²) in [5.41, 5.74) is 2.46. The zero-order valence-electron chi connectivity index (χ0n) is 13.2. The summed E-state index contributed by atoms with van der Waals surface area (Å²) < 4.78 is 38.3. The third kappa shape index (κ3) is 3.81. The number of hydrogen-bond donors (Lipinski definition) is 2. The number of anilines is 1. The Morgan fingerprint density at radius 2 is 1.88 bits per heavy atom. The number of nitrogens with zero attached hydrogens (tertiary/aromatic N) is 3. The lowest BCUT2D eigenvalue weighted by molar-refractivity contribution is -0.146. The van der Waals surface area contributed by atoms with E-state index in [0.29, 0.717) is 10.4 Å². The summed E-state index contributed by atoms with van der Waals surface area (Å²) in [4.78, 5) is 12.3. The van der Waals surface area contributed by atoms with Crippen LogP contribution in [0.1, 0.15) is 23.9 Å². The largest absolute Gasteiger partial charge is 0.453 e. The minimum atomic E-state index is -4.70. The number of carbonyl (C=O) groups is 1. The van der Waals surface area contributed by atoms with Crippen molar-refractivity contribution in [1.82, 2.24) is 14.9 Å². The summed E-state index contributed by atoms with van der Waals surface area (Å²) in [5, 5.41) is 8.29. The maximum absolute atomic E-state index is 12.6. The third-order valence-electron chi connectivity index (χ3n) is 3.30. The highest BCUT2D eigenvalue weighted by Gasteiger charge is 2.38. The van der Waals surface area contributed by atoms with Crippen LogP contribution in [0.5, 0.6) is 0 Å². The molecule has 0 aliphatic heterocycles. The molecule has 0 aliphatic carbocycles. The van der Waals surface area contributed by atoms with E-state index in [9.17, 15) is 18.0 Å². The average Bonchev–Trinajstić information content (AvgIpc) is 2.84. The van der Waals surface area contributed by atoms with Gasteiger partial charge in [0.05, 0.1) is 5.25 Å². The summed E-state index contributed by atoms with van der Waals surface area (Å²) in [6, 6.07) is 5.58. The van der Waals surface area contributed by atoms with Gasteiger partial charge in [0.1, 0.15) is 0 Å². The van der Waals surface area contributed by atoms with Crippen LogP contribution in [0.25, 0.3) is 0 Å². The Hall–Kier alpha value is -2.23. The van der Waals surface area contributed by atoms with Crippen molar-refractivity contribution in [2.75, 3.05) is 11.2 Å². The molecule has 0 aliphatic rings. The number of carbonyl (C=O) groups excluding carboxylic acids is 1. The highest BCUT2D eigenvalue weighted by Crippen LogP contribution is 2.30. The fourth-order valence-corrected chi connectivity index (χ4v) is 2.77. The molecule has 0 saturated heterocycles. The number of nitrogens with one attached hydrogen (secondary N) is 1. The molecule has 0 fully saturated rings. The highest BCUT2D eigenvalue weighted by atomic mass is 32.2. The van der Waals surface area contributed by atoms with Gasteiger partial charge in [0, 0.05) is 5.69 Å². The number of nitrogen functional groups attached to an aromatic ring is 1. The van der Waals surface area contributed by atoms with Crippen LogP contribution in [0.15, 0.2) is 23.4 Å². The van der Waals surface area contributed by atoms with Crippen molar-refractivity contribution in [3.05, 3.63) is 35.2 Å². The van der Waals surface area contributed by atoms with Gasteiger partial charge >= 0.3 is 6.18 Å². The van der Waals surface area contributed by atoms with Gasteiger partial charge in [-0.1, -0.05) is 30.0 Å². The van der Waals surface area contributed by atoms with Gasteiger partial charge in [-0.15, -0.1) is 10.2 Å². The minimum absolute atomic E-state index is 0.188. The Morgan fingerprint density at radius 1 is 1.29 bits per heavy atom. The highest BCUT2D eigenvalue weighted by molar-refractivity contribution is 8.00. The Labute approximate surface area is 140 Å². The number of nitrogens with two attached hydrogens (primary N) is 1. The second-order valence-corrected chi connectivity index (χ2v) is 6.50. The number of hydrogen-bond acceptors (Lipinski definition) is 5. The number of para-hydroxylation sites is 1. The first kappa shape index (κ1) is 18.1. The Bertz CT molecular complexity index is 739. The monoisotopic (exact) mass is 359 g/mol. The smallest absolute Gasteiger partial charge is 0.335 e. The first-order chi connectivity index (χ1) is 11.1. The van der Waals surface area contributed by atoms with Gasteiger partial charge in [0.2, 0.25) is 11.1 Å². The lowest BCUT2D eigenvalue weighted by atomic mass is 10.1. The van der Waals surface area contributed by atoms with Crippen LogP contribution in [0.2, 0.25) is 0 Å². The molecule has 0 saturated carbocycles. The number of thioether (sulfide) groups is 1. The zero-order chi connectivity index (χ0) is 18.1. The third-order valence-corrected chi connectivity index (χ3v) is 4.36. The maximum Gasteiger partial charge on any atom is 0.453 e. The van der Waals surface area contributed by atoms with Gasteiger partial charge in [0.15, 0.2) is 0 Å². The second-order valence-electron chi connectivity index (χ2n) is 5.19. The second kappa shape index (κ2) is 6.71. The summed E-state index contributed by atoms with van der Waals surface area (Å²) in [7, 11) is 0. The number of benzene rings is 1. The van der Waals surface area contributed by atoms with Crippen LogP contribution in [0.3, 0.4) is 0 Å². The number of aromatic nitrogens is 3. The molecular weight excluding hydrogens is 343 g/mol. The van der Waals surface area contributed by atoms with Crippen molar-refractivity contribution >= 4 is 23.4 Å². The van der Waals surface area contributed by atoms with Crippen LogP contribution in [0.4, 0.5) is 18.9 Å². The van der Waals surface area contributed by atoms with Crippen LogP contribution in [-0.2, 0) is 11.0 Å². The predicted octanol–water partition coefficient (Wildman–Crippen LogP) is 2.75. The van der Waals surface area contributed by atoms with E-state index < -0.39 is 17.3 Å². The summed E-state index contributed by atoms with van der Waals surface area (Å²) in [5.74, 6) is 3.68. The molecule has 1 atom stereocenters. The quantitative estimate of drug-likeness (QED) is 0.648. The molecule has 24 heavy (non-hydrogen) atoms. The van der Waals surface area contributed by atoms with Gasteiger partial charge in [0.25, 0.3) is 5.82 Å². The zero-order valence-corrected chi connectivity index (χ0v) is 14.0. The van der Waals surface area contributed by atoms with Gasteiger partial charge < -0.3 is 11.2 Å². The predicted molar refractivity (Wildman–Crippen MR) is 85.0 cm³/mol. The van der Waals surface area contributed by atoms with E-state index in [1.807, 2.05) is 32.0 Å². The van der Waals surface area contributed by atoms with E-state index in [1.165, 1.54) is 0 Å². The summed E-state index contributed by atoms with van der Waals surface area (Å²) in [6.07, 6.45) is -4.70. The summed E-state index contributed by atoms with van der Waals surface area (Å²) in [6.45, 7) is 5.26. The number of alkyl halides is 3. The van der Waals surface area contributed by atoms with Crippen molar-refractivity contribution in [2.45, 2.75) is 37.4 Å².